The molecule has 0 aliphatic carbocycles. The molecule has 6 heteroatoms. The van der Waals surface area contributed by atoms with Crippen LogP contribution in [-0.4, -0.2) is 42.0 Å². The topological polar surface area (TPSA) is 64.7 Å². The molecule has 3 heterocycles. The van der Waals surface area contributed by atoms with Crippen molar-refractivity contribution in [3.05, 3.63) is 21.7 Å². The second kappa shape index (κ2) is 6.05. The van der Waals surface area contributed by atoms with Gasteiger partial charge in [-0.3, -0.25) is 0 Å². The number of carbonyl (C=O) groups is 1. The molecule has 0 radical (unpaired) electrons. The van der Waals surface area contributed by atoms with E-state index in [-0.39, 0.29) is 17.6 Å². The molecule has 0 saturated carbocycles. The molecule has 1 aromatic heterocycles. The van der Waals surface area contributed by atoms with Gasteiger partial charge in [-0.05, 0) is 44.9 Å². The quantitative estimate of drug-likeness (QED) is 0.795. The van der Waals surface area contributed by atoms with Gasteiger partial charge in [0.15, 0.2) is 0 Å². The molecule has 0 bridgehead atoms. The van der Waals surface area contributed by atoms with Crippen molar-refractivity contribution in [2.75, 3.05) is 26.3 Å². The van der Waals surface area contributed by atoms with Crippen molar-refractivity contribution >= 4 is 6.03 Å². The largest absolute Gasteiger partial charge is 0.381 e. The highest BCUT2D eigenvalue weighted by atomic mass is 16.5. The SMILES string of the molecule is Cc1c(C2CCOCC2)c(=O)on1C(=O)N1CCCCC1. The van der Waals surface area contributed by atoms with E-state index < -0.39 is 0 Å². The Morgan fingerprint density at radius 3 is 2.48 bits per heavy atom. The lowest BCUT2D eigenvalue weighted by molar-refractivity contribution is 0.0848. The van der Waals surface area contributed by atoms with E-state index >= 15 is 0 Å². The Morgan fingerprint density at radius 1 is 1.14 bits per heavy atom. The molecular formula is C15H22N2O4. The van der Waals surface area contributed by atoms with E-state index in [0.717, 1.165) is 45.2 Å². The number of aromatic nitrogens is 1. The molecular weight excluding hydrogens is 272 g/mol. The standard InChI is InChI=1S/C15H22N2O4/c1-11-13(12-5-9-20-10-6-12)14(18)21-17(11)15(19)16-7-3-2-4-8-16/h12H,2-10H2,1H3. The molecule has 3 rings (SSSR count). The summed E-state index contributed by atoms with van der Waals surface area (Å²) in [4.78, 5) is 26.4. The van der Waals surface area contributed by atoms with Crippen LogP contribution in [0.4, 0.5) is 4.79 Å². The van der Waals surface area contributed by atoms with Crippen LogP contribution in [0.15, 0.2) is 9.32 Å². The van der Waals surface area contributed by atoms with Gasteiger partial charge in [-0.25, -0.2) is 9.59 Å². The van der Waals surface area contributed by atoms with Gasteiger partial charge >= 0.3 is 11.7 Å². The van der Waals surface area contributed by atoms with Gasteiger partial charge in [0.2, 0.25) is 0 Å². The van der Waals surface area contributed by atoms with Crippen molar-refractivity contribution in [3.63, 3.8) is 0 Å². The van der Waals surface area contributed by atoms with Crippen molar-refractivity contribution < 1.29 is 14.1 Å². The van der Waals surface area contributed by atoms with Gasteiger partial charge in [0.1, 0.15) is 0 Å². The third-order valence-corrected chi connectivity index (χ3v) is 4.52. The Morgan fingerprint density at radius 2 is 1.81 bits per heavy atom. The van der Waals surface area contributed by atoms with Crippen molar-refractivity contribution in [3.8, 4) is 0 Å². The van der Waals surface area contributed by atoms with E-state index in [9.17, 15) is 9.59 Å². The van der Waals surface area contributed by atoms with Gasteiger partial charge in [0, 0.05) is 26.3 Å². The monoisotopic (exact) mass is 294 g/mol. The molecule has 21 heavy (non-hydrogen) atoms. The third kappa shape index (κ3) is 2.77. The molecule has 0 N–H and O–H groups in total. The average Bonchev–Trinajstić information content (AvgIpc) is 2.83. The number of likely N-dealkylation sites (tertiary alicyclic amines) is 1. The van der Waals surface area contributed by atoms with Gasteiger partial charge in [0.05, 0.1) is 11.3 Å². The first-order chi connectivity index (χ1) is 10.2. The zero-order valence-corrected chi connectivity index (χ0v) is 12.5. The fraction of sp³-hybridized carbons (Fsp3) is 0.733. The Bertz CT molecular complexity index is 563. The van der Waals surface area contributed by atoms with Crippen molar-refractivity contribution in [1.82, 2.24) is 9.64 Å². The van der Waals surface area contributed by atoms with Crippen LogP contribution in [0, 0.1) is 6.92 Å². The molecule has 2 aliphatic rings. The minimum atomic E-state index is -0.371. The van der Waals surface area contributed by atoms with Crippen molar-refractivity contribution in [1.29, 1.82) is 0 Å². The first-order valence-corrected chi connectivity index (χ1v) is 7.78. The predicted molar refractivity (Wildman–Crippen MR) is 76.7 cm³/mol. The highest BCUT2D eigenvalue weighted by Gasteiger charge is 2.29. The molecule has 2 fully saturated rings. The first kappa shape index (κ1) is 14.4. The van der Waals surface area contributed by atoms with E-state index in [1.165, 1.54) is 4.74 Å². The summed E-state index contributed by atoms with van der Waals surface area (Å²) in [5, 5.41) is 0. The smallest absolute Gasteiger partial charge is 0.362 e. The molecule has 2 saturated heterocycles. The zero-order valence-electron chi connectivity index (χ0n) is 12.5. The van der Waals surface area contributed by atoms with Crippen LogP contribution in [0.2, 0.25) is 0 Å². The summed E-state index contributed by atoms with van der Waals surface area (Å²) in [6, 6.07) is -0.206. The van der Waals surface area contributed by atoms with Crippen molar-refractivity contribution in [2.45, 2.75) is 44.9 Å². The lowest BCUT2D eigenvalue weighted by Gasteiger charge is -2.26. The summed E-state index contributed by atoms with van der Waals surface area (Å²) in [6.45, 7) is 4.61. The maximum absolute atomic E-state index is 12.5. The molecule has 0 spiro atoms. The predicted octanol–water partition coefficient (Wildman–Crippen LogP) is 2.10. The number of nitrogens with zero attached hydrogens (tertiary/aromatic N) is 2. The number of rotatable bonds is 1. The van der Waals surface area contributed by atoms with E-state index in [0.29, 0.717) is 24.5 Å². The normalized spacial score (nSPS) is 20.7. The Kier molecular flexibility index (Phi) is 4.14. The number of hydrogen-bond acceptors (Lipinski definition) is 4. The van der Waals surface area contributed by atoms with Gasteiger partial charge in [-0.1, -0.05) is 0 Å². The average molecular weight is 294 g/mol. The molecule has 6 nitrogen and oxygen atoms in total. The number of carbonyl (C=O) groups excluding carboxylic acids is 1. The maximum atomic E-state index is 12.5. The summed E-state index contributed by atoms with van der Waals surface area (Å²) < 4.78 is 11.8. The summed E-state index contributed by atoms with van der Waals surface area (Å²) >= 11 is 0. The maximum Gasteiger partial charge on any atom is 0.362 e. The molecule has 0 atom stereocenters. The molecule has 0 aromatic carbocycles. The van der Waals surface area contributed by atoms with Gasteiger partial charge < -0.3 is 14.2 Å². The van der Waals surface area contributed by atoms with E-state index in [1.54, 1.807) is 11.8 Å². The Hall–Kier alpha value is -1.56. The van der Waals surface area contributed by atoms with Gasteiger partial charge in [-0.2, -0.15) is 0 Å². The van der Waals surface area contributed by atoms with Crippen LogP contribution < -0.4 is 5.63 Å². The van der Waals surface area contributed by atoms with Crippen LogP contribution in [0.5, 0.6) is 0 Å². The summed E-state index contributed by atoms with van der Waals surface area (Å²) in [5.41, 5.74) is 0.941. The number of amides is 1. The molecule has 1 aromatic rings. The highest BCUT2D eigenvalue weighted by Crippen LogP contribution is 2.27. The van der Waals surface area contributed by atoms with Crippen LogP contribution in [0.25, 0.3) is 0 Å². The molecule has 116 valence electrons. The Labute approximate surface area is 123 Å². The number of ether oxygens (including phenoxy) is 1. The minimum Gasteiger partial charge on any atom is -0.381 e. The van der Waals surface area contributed by atoms with E-state index in [1.807, 2.05) is 0 Å². The molecule has 1 amide bonds. The Balaban J connectivity index is 1.86. The second-order valence-corrected chi connectivity index (χ2v) is 5.89. The number of hydrogen-bond donors (Lipinski definition) is 0. The first-order valence-electron chi connectivity index (χ1n) is 7.78. The summed E-state index contributed by atoms with van der Waals surface area (Å²) in [7, 11) is 0. The minimum absolute atomic E-state index is 0.144. The lowest BCUT2D eigenvalue weighted by Crippen LogP contribution is -2.38. The summed E-state index contributed by atoms with van der Waals surface area (Å²) in [6.07, 6.45) is 4.82. The van der Waals surface area contributed by atoms with E-state index in [4.69, 9.17) is 9.26 Å². The van der Waals surface area contributed by atoms with Crippen molar-refractivity contribution in [2.24, 2.45) is 0 Å². The van der Waals surface area contributed by atoms with Gasteiger partial charge in [0.25, 0.3) is 0 Å². The fourth-order valence-electron chi connectivity index (χ4n) is 3.30. The summed E-state index contributed by atoms with van der Waals surface area (Å²) in [5.74, 6) is 0.144. The second-order valence-electron chi connectivity index (χ2n) is 5.89. The zero-order chi connectivity index (χ0) is 14.8. The third-order valence-electron chi connectivity index (χ3n) is 4.52. The lowest BCUT2D eigenvalue weighted by atomic mass is 9.92. The highest BCUT2D eigenvalue weighted by molar-refractivity contribution is 5.76. The van der Waals surface area contributed by atoms with Crippen LogP contribution >= 0.6 is 0 Å². The fourth-order valence-corrected chi connectivity index (χ4v) is 3.30. The molecule has 0 unspecified atom stereocenters. The molecule has 2 aliphatic heterocycles. The van der Waals surface area contributed by atoms with Crippen LogP contribution in [-0.2, 0) is 4.74 Å². The van der Waals surface area contributed by atoms with Crippen LogP contribution in [0.3, 0.4) is 0 Å². The van der Waals surface area contributed by atoms with Crippen LogP contribution in [0.1, 0.15) is 49.3 Å². The number of piperidine rings is 1. The van der Waals surface area contributed by atoms with Gasteiger partial charge in [-0.15, -0.1) is 4.74 Å². The van der Waals surface area contributed by atoms with E-state index in [2.05, 4.69) is 0 Å².